The van der Waals surface area contributed by atoms with Gasteiger partial charge in [0, 0.05) is 24.8 Å². The maximum atomic E-state index is 13.3. The molecule has 2 rings (SSSR count). The van der Waals surface area contributed by atoms with Crippen LogP contribution in [0.2, 0.25) is 0 Å². The number of rotatable bonds is 4. The third-order valence-electron chi connectivity index (χ3n) is 3.50. The topological polar surface area (TPSA) is 41.1 Å². The summed E-state index contributed by atoms with van der Waals surface area (Å²) in [5, 5.41) is 5.88. The molecule has 0 saturated carbocycles. The molecule has 0 aliphatic heterocycles. The highest BCUT2D eigenvalue weighted by atomic mass is 19.1. The SMILES string of the molecule is CNC(=O)c1ccc(NCc2cc(F)ccc2C)c(C)c1. The molecule has 0 spiro atoms. The van der Waals surface area contributed by atoms with Gasteiger partial charge in [-0.1, -0.05) is 6.07 Å². The fourth-order valence-electron chi connectivity index (χ4n) is 2.17. The summed E-state index contributed by atoms with van der Waals surface area (Å²) in [5.41, 5.74) is 4.51. The van der Waals surface area contributed by atoms with Crippen LogP contribution in [0.4, 0.5) is 10.1 Å². The lowest BCUT2D eigenvalue weighted by Crippen LogP contribution is -2.17. The largest absolute Gasteiger partial charge is 0.381 e. The van der Waals surface area contributed by atoms with Gasteiger partial charge in [0.1, 0.15) is 5.82 Å². The van der Waals surface area contributed by atoms with E-state index < -0.39 is 0 Å². The predicted octanol–water partition coefficient (Wildman–Crippen LogP) is 3.41. The minimum Gasteiger partial charge on any atom is -0.381 e. The van der Waals surface area contributed by atoms with Gasteiger partial charge >= 0.3 is 0 Å². The minimum absolute atomic E-state index is 0.106. The average molecular weight is 286 g/mol. The van der Waals surface area contributed by atoms with Crippen LogP contribution < -0.4 is 10.6 Å². The van der Waals surface area contributed by atoms with Crippen molar-refractivity contribution >= 4 is 11.6 Å². The number of halogens is 1. The van der Waals surface area contributed by atoms with E-state index in [0.717, 1.165) is 22.4 Å². The van der Waals surface area contributed by atoms with Crippen molar-refractivity contribution < 1.29 is 9.18 Å². The molecule has 0 aromatic heterocycles. The number of hydrogen-bond acceptors (Lipinski definition) is 2. The zero-order valence-electron chi connectivity index (χ0n) is 12.5. The van der Waals surface area contributed by atoms with Crippen molar-refractivity contribution in [2.24, 2.45) is 0 Å². The van der Waals surface area contributed by atoms with E-state index in [1.165, 1.54) is 12.1 Å². The van der Waals surface area contributed by atoms with Crippen molar-refractivity contribution in [3.63, 3.8) is 0 Å². The summed E-state index contributed by atoms with van der Waals surface area (Å²) in [6, 6.07) is 10.2. The summed E-state index contributed by atoms with van der Waals surface area (Å²) < 4.78 is 13.3. The fraction of sp³-hybridized carbons (Fsp3) is 0.235. The van der Waals surface area contributed by atoms with E-state index in [4.69, 9.17) is 0 Å². The lowest BCUT2D eigenvalue weighted by molar-refractivity contribution is 0.0963. The van der Waals surface area contributed by atoms with Crippen LogP contribution in [-0.2, 0) is 6.54 Å². The van der Waals surface area contributed by atoms with Gasteiger partial charge in [0.15, 0.2) is 0 Å². The van der Waals surface area contributed by atoms with Crippen LogP contribution in [0.25, 0.3) is 0 Å². The Balaban J connectivity index is 2.13. The van der Waals surface area contributed by atoms with Crippen LogP contribution in [0.5, 0.6) is 0 Å². The first kappa shape index (κ1) is 15.0. The molecule has 4 heteroatoms. The molecular formula is C17H19FN2O. The summed E-state index contributed by atoms with van der Waals surface area (Å²) in [6.07, 6.45) is 0. The molecule has 0 bridgehead atoms. The lowest BCUT2D eigenvalue weighted by Gasteiger charge is -2.12. The number of carbonyl (C=O) groups is 1. The minimum atomic E-state index is -0.232. The van der Waals surface area contributed by atoms with E-state index in [0.29, 0.717) is 12.1 Å². The number of hydrogen-bond donors (Lipinski definition) is 2. The molecule has 0 aliphatic carbocycles. The first-order valence-corrected chi connectivity index (χ1v) is 6.83. The van der Waals surface area contributed by atoms with E-state index in [1.807, 2.05) is 26.0 Å². The number of benzene rings is 2. The van der Waals surface area contributed by atoms with Gasteiger partial charge in [-0.25, -0.2) is 4.39 Å². The maximum absolute atomic E-state index is 13.3. The Morgan fingerprint density at radius 1 is 1.10 bits per heavy atom. The summed E-state index contributed by atoms with van der Waals surface area (Å²) in [5.74, 6) is -0.338. The van der Waals surface area contributed by atoms with Gasteiger partial charge in [-0.05, 0) is 60.9 Å². The highest BCUT2D eigenvalue weighted by Crippen LogP contribution is 2.19. The van der Waals surface area contributed by atoms with E-state index in [1.54, 1.807) is 19.2 Å². The molecule has 3 nitrogen and oxygen atoms in total. The molecular weight excluding hydrogens is 267 g/mol. The second kappa shape index (κ2) is 6.39. The normalized spacial score (nSPS) is 10.3. The average Bonchev–Trinajstić information content (AvgIpc) is 2.48. The highest BCUT2D eigenvalue weighted by Gasteiger charge is 2.06. The summed E-state index contributed by atoms with van der Waals surface area (Å²) in [4.78, 5) is 11.6. The number of nitrogens with one attached hydrogen (secondary N) is 2. The molecule has 21 heavy (non-hydrogen) atoms. The van der Waals surface area contributed by atoms with Gasteiger partial charge in [0.25, 0.3) is 5.91 Å². The second-order valence-corrected chi connectivity index (χ2v) is 5.03. The lowest BCUT2D eigenvalue weighted by atomic mass is 10.1. The Morgan fingerprint density at radius 2 is 1.86 bits per heavy atom. The third-order valence-corrected chi connectivity index (χ3v) is 3.50. The van der Waals surface area contributed by atoms with Crippen molar-refractivity contribution in [2.45, 2.75) is 20.4 Å². The first-order chi connectivity index (χ1) is 10.0. The molecule has 2 aromatic rings. The number of aryl methyl sites for hydroxylation is 2. The van der Waals surface area contributed by atoms with Gasteiger partial charge in [-0.3, -0.25) is 4.79 Å². The van der Waals surface area contributed by atoms with Crippen molar-refractivity contribution in [1.29, 1.82) is 0 Å². The Bertz CT molecular complexity index is 668. The van der Waals surface area contributed by atoms with Crippen molar-refractivity contribution in [3.8, 4) is 0 Å². The summed E-state index contributed by atoms with van der Waals surface area (Å²) in [7, 11) is 1.61. The monoisotopic (exact) mass is 286 g/mol. The van der Waals surface area contributed by atoms with Gasteiger partial charge < -0.3 is 10.6 Å². The number of anilines is 1. The zero-order chi connectivity index (χ0) is 15.4. The number of amides is 1. The zero-order valence-corrected chi connectivity index (χ0v) is 12.5. The van der Waals surface area contributed by atoms with Crippen molar-refractivity contribution in [3.05, 3.63) is 64.5 Å². The smallest absolute Gasteiger partial charge is 0.251 e. The maximum Gasteiger partial charge on any atom is 0.251 e. The van der Waals surface area contributed by atoms with Gasteiger partial charge in [0.2, 0.25) is 0 Å². The van der Waals surface area contributed by atoms with Crippen LogP contribution in [0.15, 0.2) is 36.4 Å². The van der Waals surface area contributed by atoms with Gasteiger partial charge in [-0.15, -0.1) is 0 Å². The van der Waals surface area contributed by atoms with Crippen LogP contribution in [0.3, 0.4) is 0 Å². The molecule has 0 heterocycles. The Hall–Kier alpha value is -2.36. The fourth-order valence-corrected chi connectivity index (χ4v) is 2.17. The van der Waals surface area contributed by atoms with E-state index in [9.17, 15) is 9.18 Å². The molecule has 1 amide bonds. The Morgan fingerprint density at radius 3 is 2.52 bits per heavy atom. The predicted molar refractivity (Wildman–Crippen MR) is 83.0 cm³/mol. The van der Waals surface area contributed by atoms with Crippen LogP contribution in [0.1, 0.15) is 27.0 Å². The first-order valence-electron chi connectivity index (χ1n) is 6.83. The molecule has 2 aromatic carbocycles. The summed E-state index contributed by atoms with van der Waals surface area (Å²) >= 11 is 0. The van der Waals surface area contributed by atoms with Crippen molar-refractivity contribution in [1.82, 2.24) is 5.32 Å². The van der Waals surface area contributed by atoms with Crippen LogP contribution in [-0.4, -0.2) is 13.0 Å². The Labute approximate surface area is 124 Å². The Kier molecular flexibility index (Phi) is 4.58. The summed E-state index contributed by atoms with van der Waals surface area (Å²) in [6.45, 7) is 4.44. The van der Waals surface area contributed by atoms with Gasteiger partial charge in [-0.2, -0.15) is 0 Å². The van der Waals surface area contributed by atoms with Crippen molar-refractivity contribution in [2.75, 3.05) is 12.4 Å². The molecule has 110 valence electrons. The highest BCUT2D eigenvalue weighted by molar-refractivity contribution is 5.94. The second-order valence-electron chi connectivity index (χ2n) is 5.03. The van der Waals surface area contributed by atoms with E-state index in [2.05, 4.69) is 10.6 Å². The van der Waals surface area contributed by atoms with Crippen LogP contribution >= 0.6 is 0 Å². The third kappa shape index (κ3) is 3.60. The van der Waals surface area contributed by atoms with E-state index in [-0.39, 0.29) is 11.7 Å². The molecule has 0 fully saturated rings. The van der Waals surface area contributed by atoms with Crippen LogP contribution in [0, 0.1) is 19.7 Å². The number of carbonyl (C=O) groups excluding carboxylic acids is 1. The molecule has 0 unspecified atom stereocenters. The van der Waals surface area contributed by atoms with E-state index >= 15 is 0 Å². The molecule has 0 radical (unpaired) electrons. The molecule has 2 N–H and O–H groups in total. The van der Waals surface area contributed by atoms with Gasteiger partial charge in [0.05, 0.1) is 0 Å². The molecule has 0 atom stereocenters. The standard InChI is InChI=1S/C17H19FN2O/c1-11-4-6-15(18)9-14(11)10-20-16-7-5-13(8-12(16)2)17(21)19-3/h4-9,20H,10H2,1-3H3,(H,19,21). The molecule has 0 aliphatic rings. The molecule has 0 saturated heterocycles. The quantitative estimate of drug-likeness (QED) is 0.904.